The standard InChI is InChI=1S/C19H22F3N3O2S/c1-12-16(17(26)23-9-8-14-6-4-10-25(14)2)28-18(24-12)13-5-3-7-15(11-13)27-19(20,21)22/h3,5,7,11,14H,4,6,8-10H2,1-2H3,(H,23,26). The third kappa shape index (κ3) is 5.23. The zero-order valence-electron chi connectivity index (χ0n) is 15.7. The minimum atomic E-state index is -4.75. The molecule has 1 fully saturated rings. The van der Waals surface area contributed by atoms with E-state index < -0.39 is 6.36 Å². The second kappa shape index (κ2) is 8.48. The summed E-state index contributed by atoms with van der Waals surface area (Å²) < 4.78 is 41.2. The second-order valence-electron chi connectivity index (χ2n) is 6.83. The molecule has 1 aromatic heterocycles. The van der Waals surface area contributed by atoms with Crippen LogP contribution in [0, 0.1) is 6.92 Å². The van der Waals surface area contributed by atoms with Crippen LogP contribution in [0.25, 0.3) is 10.6 Å². The Morgan fingerprint density at radius 1 is 1.43 bits per heavy atom. The lowest BCUT2D eigenvalue weighted by molar-refractivity contribution is -0.274. The molecule has 1 aliphatic heterocycles. The van der Waals surface area contributed by atoms with Crippen LogP contribution < -0.4 is 10.1 Å². The lowest BCUT2D eigenvalue weighted by Crippen LogP contribution is -2.31. The highest BCUT2D eigenvalue weighted by molar-refractivity contribution is 7.17. The minimum Gasteiger partial charge on any atom is -0.406 e. The summed E-state index contributed by atoms with van der Waals surface area (Å²) in [7, 11) is 2.09. The van der Waals surface area contributed by atoms with Gasteiger partial charge in [0, 0.05) is 18.2 Å². The molecule has 1 unspecified atom stereocenters. The number of hydrogen-bond acceptors (Lipinski definition) is 5. The maximum atomic E-state index is 12.5. The van der Waals surface area contributed by atoms with Gasteiger partial charge in [-0.2, -0.15) is 0 Å². The summed E-state index contributed by atoms with van der Waals surface area (Å²) >= 11 is 1.16. The van der Waals surface area contributed by atoms with Crippen LogP contribution in [-0.2, 0) is 0 Å². The van der Waals surface area contributed by atoms with Crippen LogP contribution in [0.3, 0.4) is 0 Å². The van der Waals surface area contributed by atoms with Crippen molar-refractivity contribution >= 4 is 17.2 Å². The first kappa shape index (κ1) is 20.6. The normalized spacial score (nSPS) is 17.7. The molecule has 1 aliphatic rings. The van der Waals surface area contributed by atoms with E-state index in [1.807, 2.05) is 0 Å². The fourth-order valence-electron chi connectivity index (χ4n) is 3.33. The number of aryl methyl sites for hydroxylation is 1. The summed E-state index contributed by atoms with van der Waals surface area (Å²) in [4.78, 5) is 19.6. The first-order valence-electron chi connectivity index (χ1n) is 9.05. The first-order valence-corrected chi connectivity index (χ1v) is 9.86. The fourth-order valence-corrected chi connectivity index (χ4v) is 4.31. The number of likely N-dealkylation sites (tertiary alicyclic amines) is 1. The Hall–Kier alpha value is -2.13. The van der Waals surface area contributed by atoms with Gasteiger partial charge in [-0.3, -0.25) is 4.79 Å². The summed E-state index contributed by atoms with van der Waals surface area (Å²) in [5.74, 6) is -0.519. The van der Waals surface area contributed by atoms with Crippen molar-refractivity contribution in [2.24, 2.45) is 0 Å². The zero-order chi connectivity index (χ0) is 20.3. The topological polar surface area (TPSA) is 54.5 Å². The molecule has 0 bridgehead atoms. The molecule has 2 heterocycles. The molecular formula is C19H22F3N3O2S. The first-order chi connectivity index (χ1) is 13.2. The average molecular weight is 413 g/mol. The number of halogens is 3. The van der Waals surface area contributed by atoms with Gasteiger partial charge in [-0.1, -0.05) is 12.1 Å². The van der Waals surface area contributed by atoms with Gasteiger partial charge < -0.3 is 15.0 Å². The van der Waals surface area contributed by atoms with Gasteiger partial charge in [0.05, 0.1) is 5.69 Å². The number of hydrogen-bond donors (Lipinski definition) is 1. The van der Waals surface area contributed by atoms with Gasteiger partial charge in [-0.25, -0.2) is 4.98 Å². The van der Waals surface area contributed by atoms with E-state index in [0.29, 0.717) is 33.7 Å². The highest BCUT2D eigenvalue weighted by Crippen LogP contribution is 2.32. The van der Waals surface area contributed by atoms with Gasteiger partial charge in [0.15, 0.2) is 0 Å². The number of nitrogens with zero attached hydrogens (tertiary/aromatic N) is 2. The van der Waals surface area contributed by atoms with E-state index in [-0.39, 0.29) is 11.7 Å². The van der Waals surface area contributed by atoms with Crippen LogP contribution in [0.1, 0.15) is 34.6 Å². The number of rotatable bonds is 6. The second-order valence-corrected chi connectivity index (χ2v) is 7.83. The van der Waals surface area contributed by atoms with E-state index in [2.05, 4.69) is 27.0 Å². The monoisotopic (exact) mass is 413 g/mol. The molecule has 5 nitrogen and oxygen atoms in total. The molecule has 1 atom stereocenters. The van der Waals surface area contributed by atoms with Crippen molar-refractivity contribution in [3.63, 3.8) is 0 Å². The number of carbonyl (C=O) groups excluding carboxylic acids is 1. The lowest BCUT2D eigenvalue weighted by atomic mass is 10.1. The number of benzene rings is 1. The lowest BCUT2D eigenvalue weighted by Gasteiger charge is -2.19. The van der Waals surface area contributed by atoms with Crippen LogP contribution in [0.4, 0.5) is 13.2 Å². The fraction of sp³-hybridized carbons (Fsp3) is 0.474. The summed E-state index contributed by atoms with van der Waals surface area (Å²) in [6, 6.07) is 6.09. The van der Waals surface area contributed by atoms with E-state index in [0.717, 1.165) is 30.7 Å². The highest BCUT2D eigenvalue weighted by Gasteiger charge is 2.31. The Kier molecular flexibility index (Phi) is 6.24. The van der Waals surface area contributed by atoms with Gasteiger partial charge in [-0.15, -0.1) is 24.5 Å². The molecule has 3 rings (SSSR count). The summed E-state index contributed by atoms with van der Waals surface area (Å²) in [6.45, 7) is 3.39. The van der Waals surface area contributed by atoms with Crippen molar-refractivity contribution in [3.05, 3.63) is 34.8 Å². The predicted molar refractivity (Wildman–Crippen MR) is 102 cm³/mol. The van der Waals surface area contributed by atoms with Gasteiger partial charge in [-0.05, 0) is 51.9 Å². The average Bonchev–Trinajstić information content (AvgIpc) is 3.19. The molecule has 152 valence electrons. The molecule has 1 N–H and O–H groups in total. The molecule has 0 spiro atoms. The van der Waals surface area contributed by atoms with Crippen LogP contribution in [0.15, 0.2) is 24.3 Å². The molecule has 2 aromatic rings. The van der Waals surface area contributed by atoms with Crippen molar-refractivity contribution in [3.8, 4) is 16.3 Å². The van der Waals surface area contributed by atoms with Crippen molar-refractivity contribution in [2.45, 2.75) is 38.6 Å². The number of aromatic nitrogens is 1. The van der Waals surface area contributed by atoms with E-state index in [1.54, 1.807) is 13.0 Å². The van der Waals surface area contributed by atoms with E-state index in [4.69, 9.17) is 0 Å². The van der Waals surface area contributed by atoms with Crippen LogP contribution in [-0.4, -0.2) is 48.3 Å². The van der Waals surface area contributed by atoms with Crippen LogP contribution >= 0.6 is 11.3 Å². The zero-order valence-corrected chi connectivity index (χ0v) is 16.5. The minimum absolute atomic E-state index is 0.204. The van der Waals surface area contributed by atoms with Gasteiger partial charge in [0.2, 0.25) is 0 Å². The SMILES string of the molecule is Cc1nc(-c2cccc(OC(F)(F)F)c2)sc1C(=O)NCCC1CCCN1C. The van der Waals surface area contributed by atoms with E-state index in [9.17, 15) is 18.0 Å². The third-order valence-corrected chi connectivity index (χ3v) is 5.96. The highest BCUT2D eigenvalue weighted by atomic mass is 32.1. The third-order valence-electron chi connectivity index (χ3n) is 4.75. The number of alkyl halides is 3. The Balaban J connectivity index is 1.65. The Labute approximate surface area is 165 Å². The van der Waals surface area contributed by atoms with Crippen molar-refractivity contribution in [2.75, 3.05) is 20.1 Å². The molecule has 0 saturated carbocycles. The molecular weight excluding hydrogens is 391 g/mol. The number of ether oxygens (including phenoxy) is 1. The van der Waals surface area contributed by atoms with Gasteiger partial charge >= 0.3 is 6.36 Å². The maximum Gasteiger partial charge on any atom is 0.573 e. The number of thiazole rings is 1. The Bertz CT molecular complexity index is 838. The molecule has 1 amide bonds. The number of amides is 1. The van der Waals surface area contributed by atoms with E-state index >= 15 is 0 Å². The van der Waals surface area contributed by atoms with Crippen molar-refractivity contribution in [1.29, 1.82) is 0 Å². The summed E-state index contributed by atoms with van der Waals surface area (Å²) in [5.41, 5.74) is 1.03. The van der Waals surface area contributed by atoms with E-state index in [1.165, 1.54) is 24.6 Å². The van der Waals surface area contributed by atoms with Gasteiger partial charge in [0.1, 0.15) is 15.6 Å². The van der Waals surface area contributed by atoms with Crippen molar-refractivity contribution < 1.29 is 22.7 Å². The largest absolute Gasteiger partial charge is 0.573 e. The molecule has 28 heavy (non-hydrogen) atoms. The Morgan fingerprint density at radius 2 is 2.21 bits per heavy atom. The number of carbonyl (C=O) groups is 1. The number of nitrogens with one attached hydrogen (secondary N) is 1. The summed E-state index contributed by atoms with van der Waals surface area (Å²) in [5, 5.41) is 3.40. The molecule has 1 saturated heterocycles. The smallest absolute Gasteiger partial charge is 0.406 e. The summed E-state index contributed by atoms with van der Waals surface area (Å²) in [6.07, 6.45) is -1.53. The Morgan fingerprint density at radius 3 is 2.89 bits per heavy atom. The quantitative estimate of drug-likeness (QED) is 0.770. The molecule has 0 aliphatic carbocycles. The van der Waals surface area contributed by atoms with Crippen LogP contribution in [0.2, 0.25) is 0 Å². The van der Waals surface area contributed by atoms with Gasteiger partial charge in [0.25, 0.3) is 5.91 Å². The van der Waals surface area contributed by atoms with Crippen LogP contribution in [0.5, 0.6) is 5.75 Å². The molecule has 9 heteroatoms. The van der Waals surface area contributed by atoms with Crippen molar-refractivity contribution in [1.82, 2.24) is 15.2 Å². The predicted octanol–water partition coefficient (Wildman–Crippen LogP) is 4.23. The molecule has 0 radical (unpaired) electrons. The molecule has 1 aromatic carbocycles. The maximum absolute atomic E-state index is 12.5.